The molecule has 0 amide bonds. The Labute approximate surface area is 132 Å². The van der Waals surface area contributed by atoms with Gasteiger partial charge in [0, 0.05) is 19.2 Å². The van der Waals surface area contributed by atoms with Gasteiger partial charge in [0.05, 0.1) is 12.8 Å². The number of piperidine rings is 1. The molecule has 2 aromatic rings. The van der Waals surface area contributed by atoms with Gasteiger partial charge in [0.2, 0.25) is 0 Å². The third-order valence-electron chi connectivity index (χ3n) is 4.49. The smallest absolute Gasteiger partial charge is 0.145 e. The third kappa shape index (κ3) is 3.35. The first kappa shape index (κ1) is 14.8. The summed E-state index contributed by atoms with van der Waals surface area (Å²) in [4.78, 5) is 2.36. The summed E-state index contributed by atoms with van der Waals surface area (Å²) in [5, 5.41) is 9.57. The maximum atomic E-state index is 9.57. The van der Waals surface area contributed by atoms with E-state index in [1.807, 2.05) is 6.07 Å². The predicted octanol–water partition coefficient (Wildman–Crippen LogP) is 3.86. The Morgan fingerprint density at radius 3 is 2.50 bits per heavy atom. The van der Waals surface area contributed by atoms with Crippen LogP contribution in [0.5, 0.6) is 11.5 Å². The summed E-state index contributed by atoms with van der Waals surface area (Å²) in [7, 11) is 1.65. The zero-order valence-corrected chi connectivity index (χ0v) is 13.0. The fraction of sp³-hybridized carbons (Fsp3) is 0.368. The lowest BCUT2D eigenvalue weighted by Gasteiger charge is -2.34. The molecule has 0 spiro atoms. The van der Waals surface area contributed by atoms with Gasteiger partial charge in [-0.3, -0.25) is 0 Å². The second kappa shape index (κ2) is 6.73. The van der Waals surface area contributed by atoms with Gasteiger partial charge in [-0.25, -0.2) is 0 Å². The number of phenols is 1. The summed E-state index contributed by atoms with van der Waals surface area (Å²) in [6.45, 7) is 2.08. The van der Waals surface area contributed by atoms with Crippen molar-refractivity contribution in [1.82, 2.24) is 0 Å². The third-order valence-corrected chi connectivity index (χ3v) is 4.49. The second-order valence-corrected chi connectivity index (χ2v) is 5.98. The maximum absolute atomic E-state index is 9.57. The summed E-state index contributed by atoms with van der Waals surface area (Å²) < 4.78 is 5.40. The number of nitrogens with zero attached hydrogens (tertiary/aromatic N) is 1. The minimum absolute atomic E-state index is 0.250. The SMILES string of the molecule is COc1cc(O)ccc1N1CCC(Cc2ccccc2)CC1. The summed E-state index contributed by atoms with van der Waals surface area (Å²) in [5.74, 6) is 1.75. The van der Waals surface area contributed by atoms with E-state index in [-0.39, 0.29) is 5.75 Å². The molecule has 1 fully saturated rings. The molecule has 0 saturated carbocycles. The highest BCUT2D eigenvalue weighted by Gasteiger charge is 2.21. The zero-order chi connectivity index (χ0) is 15.4. The molecule has 0 radical (unpaired) electrons. The number of rotatable bonds is 4. The van der Waals surface area contributed by atoms with Gasteiger partial charge in [-0.1, -0.05) is 30.3 Å². The van der Waals surface area contributed by atoms with Crippen molar-refractivity contribution in [3.05, 3.63) is 54.1 Å². The normalized spacial score (nSPS) is 15.8. The highest BCUT2D eigenvalue weighted by atomic mass is 16.5. The fourth-order valence-corrected chi connectivity index (χ4v) is 3.25. The van der Waals surface area contributed by atoms with Gasteiger partial charge >= 0.3 is 0 Å². The van der Waals surface area contributed by atoms with Gasteiger partial charge in [0.25, 0.3) is 0 Å². The molecular formula is C19H23NO2. The van der Waals surface area contributed by atoms with Crippen LogP contribution in [-0.2, 0) is 6.42 Å². The number of anilines is 1. The molecule has 2 aromatic carbocycles. The molecule has 0 aromatic heterocycles. The van der Waals surface area contributed by atoms with Crippen LogP contribution >= 0.6 is 0 Å². The van der Waals surface area contributed by atoms with Crippen LogP contribution in [0, 0.1) is 5.92 Å². The van der Waals surface area contributed by atoms with Crippen LogP contribution in [0.2, 0.25) is 0 Å². The van der Waals surface area contributed by atoms with Crippen LogP contribution in [0.4, 0.5) is 5.69 Å². The fourth-order valence-electron chi connectivity index (χ4n) is 3.25. The standard InChI is InChI=1S/C19H23NO2/c1-22-19-14-17(21)7-8-18(19)20-11-9-16(10-12-20)13-15-5-3-2-4-6-15/h2-8,14,16,21H,9-13H2,1H3. The van der Waals surface area contributed by atoms with E-state index in [4.69, 9.17) is 4.74 Å². The summed E-state index contributed by atoms with van der Waals surface area (Å²) >= 11 is 0. The van der Waals surface area contributed by atoms with E-state index in [1.54, 1.807) is 19.2 Å². The number of ether oxygens (including phenoxy) is 1. The van der Waals surface area contributed by atoms with Crippen molar-refractivity contribution < 1.29 is 9.84 Å². The number of methoxy groups -OCH3 is 1. The Morgan fingerprint density at radius 2 is 1.82 bits per heavy atom. The van der Waals surface area contributed by atoms with Crippen molar-refractivity contribution in [2.75, 3.05) is 25.1 Å². The molecule has 3 rings (SSSR count). The largest absolute Gasteiger partial charge is 0.508 e. The van der Waals surface area contributed by atoms with Crippen molar-refractivity contribution >= 4 is 5.69 Å². The first-order valence-corrected chi connectivity index (χ1v) is 7.92. The molecule has 0 aliphatic carbocycles. The molecule has 0 atom stereocenters. The maximum Gasteiger partial charge on any atom is 0.145 e. The molecule has 1 saturated heterocycles. The van der Waals surface area contributed by atoms with Gasteiger partial charge < -0.3 is 14.7 Å². The van der Waals surface area contributed by atoms with Gasteiger partial charge in [0.15, 0.2) is 0 Å². The minimum atomic E-state index is 0.250. The highest BCUT2D eigenvalue weighted by Crippen LogP contribution is 2.34. The summed E-state index contributed by atoms with van der Waals surface area (Å²) in [6.07, 6.45) is 3.55. The molecule has 3 nitrogen and oxygen atoms in total. The number of hydrogen-bond acceptors (Lipinski definition) is 3. The lowest BCUT2D eigenvalue weighted by atomic mass is 9.90. The van der Waals surface area contributed by atoms with Crippen molar-refractivity contribution in [2.45, 2.75) is 19.3 Å². The van der Waals surface area contributed by atoms with Crippen molar-refractivity contribution in [3.63, 3.8) is 0 Å². The van der Waals surface area contributed by atoms with E-state index in [1.165, 1.54) is 24.8 Å². The van der Waals surface area contributed by atoms with E-state index in [9.17, 15) is 5.11 Å². The molecule has 1 N–H and O–H groups in total. The predicted molar refractivity (Wildman–Crippen MR) is 89.7 cm³/mol. The van der Waals surface area contributed by atoms with E-state index in [2.05, 4.69) is 35.2 Å². The van der Waals surface area contributed by atoms with Gasteiger partial charge in [-0.2, -0.15) is 0 Å². The van der Waals surface area contributed by atoms with E-state index >= 15 is 0 Å². The Hall–Kier alpha value is -2.16. The van der Waals surface area contributed by atoms with Gasteiger partial charge in [-0.05, 0) is 42.9 Å². The zero-order valence-electron chi connectivity index (χ0n) is 13.0. The van der Waals surface area contributed by atoms with Crippen molar-refractivity contribution in [3.8, 4) is 11.5 Å². The quantitative estimate of drug-likeness (QED) is 0.930. The molecule has 0 bridgehead atoms. The topological polar surface area (TPSA) is 32.7 Å². The number of hydrogen-bond donors (Lipinski definition) is 1. The molecule has 116 valence electrons. The molecule has 1 aliphatic heterocycles. The van der Waals surface area contributed by atoms with Crippen molar-refractivity contribution in [1.29, 1.82) is 0 Å². The Bertz CT molecular complexity index is 604. The van der Waals surface area contributed by atoms with E-state index in [0.717, 1.165) is 30.4 Å². The Balaban J connectivity index is 1.62. The first-order valence-electron chi connectivity index (χ1n) is 7.92. The van der Waals surface area contributed by atoms with Crippen molar-refractivity contribution in [2.24, 2.45) is 5.92 Å². The van der Waals surface area contributed by atoms with Crippen LogP contribution in [0.3, 0.4) is 0 Å². The van der Waals surface area contributed by atoms with Crippen LogP contribution < -0.4 is 9.64 Å². The van der Waals surface area contributed by atoms with Gasteiger partial charge in [0.1, 0.15) is 11.5 Å². The van der Waals surface area contributed by atoms with Crippen LogP contribution in [0.15, 0.2) is 48.5 Å². The minimum Gasteiger partial charge on any atom is -0.508 e. The number of aromatic hydroxyl groups is 1. The average molecular weight is 297 g/mol. The molecular weight excluding hydrogens is 274 g/mol. The lowest BCUT2D eigenvalue weighted by Crippen LogP contribution is -2.34. The number of phenolic OH excluding ortho intramolecular Hbond substituents is 1. The molecule has 3 heteroatoms. The molecule has 0 unspecified atom stereocenters. The lowest BCUT2D eigenvalue weighted by molar-refractivity contribution is 0.387. The Kier molecular flexibility index (Phi) is 4.52. The summed E-state index contributed by atoms with van der Waals surface area (Å²) in [6, 6.07) is 16.1. The first-order chi connectivity index (χ1) is 10.8. The van der Waals surface area contributed by atoms with Crippen LogP contribution in [-0.4, -0.2) is 25.3 Å². The molecule has 1 heterocycles. The van der Waals surface area contributed by atoms with Gasteiger partial charge in [-0.15, -0.1) is 0 Å². The second-order valence-electron chi connectivity index (χ2n) is 5.98. The average Bonchev–Trinajstić information content (AvgIpc) is 2.56. The monoisotopic (exact) mass is 297 g/mol. The molecule has 22 heavy (non-hydrogen) atoms. The molecule has 1 aliphatic rings. The van der Waals surface area contributed by atoms with Crippen LogP contribution in [0.25, 0.3) is 0 Å². The highest BCUT2D eigenvalue weighted by molar-refractivity contribution is 5.61. The Morgan fingerprint density at radius 1 is 1.09 bits per heavy atom. The van der Waals surface area contributed by atoms with E-state index < -0.39 is 0 Å². The van der Waals surface area contributed by atoms with E-state index in [0.29, 0.717) is 0 Å². The summed E-state index contributed by atoms with van der Waals surface area (Å²) in [5.41, 5.74) is 2.52. The number of benzene rings is 2. The van der Waals surface area contributed by atoms with Crippen LogP contribution in [0.1, 0.15) is 18.4 Å².